The maximum absolute atomic E-state index is 12.9. The third kappa shape index (κ3) is 66.5. The van der Waals surface area contributed by atoms with Gasteiger partial charge < -0.3 is 28.5 Å². The van der Waals surface area contributed by atoms with Gasteiger partial charge in [-0.2, -0.15) is 0 Å². The van der Waals surface area contributed by atoms with Gasteiger partial charge in [-0.1, -0.05) is 269 Å². The van der Waals surface area contributed by atoms with Crippen LogP contribution in [0.5, 0.6) is 0 Å². The minimum Gasteiger partial charge on any atom is -0.477 e. The maximum atomic E-state index is 12.9. The molecule has 0 aromatic rings. The van der Waals surface area contributed by atoms with E-state index >= 15 is 0 Å². The number of hydrogen-bond acceptors (Lipinski definition) is 7. The predicted molar refractivity (Wildman–Crippen MR) is 364 cm³/mol. The number of esters is 2. The van der Waals surface area contributed by atoms with E-state index in [0.717, 1.165) is 122 Å². The molecule has 9 nitrogen and oxygen atoms in total. The molecule has 482 valence electrons. The van der Waals surface area contributed by atoms with E-state index in [1.807, 2.05) is 21.1 Å². The van der Waals surface area contributed by atoms with Crippen LogP contribution >= 0.6 is 0 Å². The normalized spacial score (nSPS) is 13.7. The van der Waals surface area contributed by atoms with Gasteiger partial charge >= 0.3 is 17.9 Å². The van der Waals surface area contributed by atoms with Gasteiger partial charge in [-0.15, -0.1) is 0 Å². The SMILES string of the molecule is CC/C=C\C/C=C\C/C=C\C/C=C\C/C=C\C/C=C\C/C=C\C/C=C\C/C=C\CCCCCCCC(=O)OC(COC(=O)CCCCCCCCCCCCCC/C=C\C/C=C\C/C=C\CCCCCCC)COC(OCC[N+](C)(C)C)C(=O)O. The van der Waals surface area contributed by atoms with Gasteiger partial charge in [0.1, 0.15) is 13.2 Å². The Balaban J connectivity index is 4.26. The smallest absolute Gasteiger partial charge is 0.361 e. The highest BCUT2D eigenvalue weighted by Crippen LogP contribution is 2.15. The monoisotopic (exact) mass is 1180 g/mol. The van der Waals surface area contributed by atoms with Crippen molar-refractivity contribution < 1.29 is 42.9 Å². The number of rotatable bonds is 61. The molecule has 0 radical (unpaired) electrons. The Kier molecular flexibility index (Phi) is 61.4. The van der Waals surface area contributed by atoms with E-state index in [2.05, 4.69) is 160 Å². The summed E-state index contributed by atoms with van der Waals surface area (Å²) < 4.78 is 22.9. The number of allylic oxidation sites excluding steroid dienone is 24. The first-order valence-electron chi connectivity index (χ1n) is 34.0. The number of carbonyl (C=O) groups excluding carboxylic acids is 2. The molecule has 0 amide bonds. The average Bonchev–Trinajstić information content (AvgIpc) is 3.49. The quantitative estimate of drug-likeness (QED) is 0.0211. The van der Waals surface area contributed by atoms with Gasteiger partial charge in [0.25, 0.3) is 6.29 Å². The second-order valence-electron chi connectivity index (χ2n) is 23.4. The van der Waals surface area contributed by atoms with Crippen molar-refractivity contribution in [3.63, 3.8) is 0 Å². The summed E-state index contributed by atoms with van der Waals surface area (Å²) in [5.41, 5.74) is 0. The molecule has 0 heterocycles. The number of likely N-dealkylation sites (N-methyl/N-ethyl adjacent to an activating group) is 1. The van der Waals surface area contributed by atoms with Crippen LogP contribution in [0.25, 0.3) is 0 Å². The van der Waals surface area contributed by atoms with Crippen molar-refractivity contribution in [2.75, 3.05) is 47.5 Å². The molecule has 0 aromatic carbocycles. The number of hydrogen-bond donors (Lipinski definition) is 1. The molecule has 0 aliphatic carbocycles. The van der Waals surface area contributed by atoms with Gasteiger partial charge in [0, 0.05) is 12.8 Å². The van der Waals surface area contributed by atoms with Crippen LogP contribution in [-0.4, -0.2) is 87.4 Å². The molecule has 0 aliphatic heterocycles. The van der Waals surface area contributed by atoms with Crippen molar-refractivity contribution in [2.24, 2.45) is 0 Å². The molecule has 0 rings (SSSR count). The van der Waals surface area contributed by atoms with Crippen LogP contribution in [0.4, 0.5) is 0 Å². The van der Waals surface area contributed by atoms with Crippen LogP contribution in [0.1, 0.15) is 258 Å². The second kappa shape index (κ2) is 65.2. The van der Waals surface area contributed by atoms with Crippen LogP contribution in [0.15, 0.2) is 146 Å². The van der Waals surface area contributed by atoms with E-state index in [4.69, 9.17) is 18.9 Å². The summed E-state index contributed by atoms with van der Waals surface area (Å²) in [7, 11) is 5.96. The molecule has 0 saturated carbocycles. The summed E-state index contributed by atoms with van der Waals surface area (Å²) in [4.78, 5) is 37.6. The summed E-state index contributed by atoms with van der Waals surface area (Å²) in [6, 6.07) is 0. The van der Waals surface area contributed by atoms with Gasteiger partial charge in [0.15, 0.2) is 6.10 Å². The number of carbonyl (C=O) groups is 3. The zero-order valence-corrected chi connectivity index (χ0v) is 55.0. The fourth-order valence-electron chi connectivity index (χ4n) is 8.90. The lowest BCUT2D eigenvalue weighted by molar-refractivity contribution is -0.870. The minimum absolute atomic E-state index is 0.175. The molecule has 0 fully saturated rings. The number of quaternary nitrogens is 1. The van der Waals surface area contributed by atoms with E-state index in [-0.39, 0.29) is 38.6 Å². The van der Waals surface area contributed by atoms with Gasteiger partial charge in [-0.05, 0) is 122 Å². The van der Waals surface area contributed by atoms with Crippen molar-refractivity contribution in [1.82, 2.24) is 0 Å². The molecule has 2 unspecified atom stereocenters. The molecular weight excluding hydrogens is 1050 g/mol. The average molecular weight is 1180 g/mol. The summed E-state index contributed by atoms with van der Waals surface area (Å²) in [6.45, 7) is 4.72. The Hall–Kier alpha value is -4.83. The highest BCUT2D eigenvalue weighted by atomic mass is 16.7. The third-order valence-electron chi connectivity index (χ3n) is 14.1. The number of carboxylic acid groups (broad SMARTS) is 1. The Morgan fingerprint density at radius 3 is 1.00 bits per heavy atom. The molecule has 0 saturated heterocycles. The first-order valence-corrected chi connectivity index (χ1v) is 34.0. The number of unbranched alkanes of at least 4 members (excludes halogenated alkanes) is 22. The van der Waals surface area contributed by atoms with Gasteiger partial charge in [-0.25, -0.2) is 4.79 Å². The van der Waals surface area contributed by atoms with Crippen LogP contribution in [0, 0.1) is 0 Å². The molecule has 2 atom stereocenters. The molecular formula is C76H126NO8+. The first-order chi connectivity index (χ1) is 41.6. The van der Waals surface area contributed by atoms with Crippen LogP contribution in [-0.2, 0) is 33.3 Å². The lowest BCUT2D eigenvalue weighted by atomic mass is 10.0. The van der Waals surface area contributed by atoms with Crippen molar-refractivity contribution in [3.8, 4) is 0 Å². The molecule has 0 spiro atoms. The largest absolute Gasteiger partial charge is 0.477 e. The summed E-state index contributed by atoms with van der Waals surface area (Å²) >= 11 is 0. The standard InChI is InChI=1S/C76H125NO8/c1-6-8-10-12-14-16-18-20-22-24-26-28-30-32-34-35-36-37-38-39-41-43-45-47-49-51-53-55-57-59-61-63-65-67-74(79)85-72(71-84-76(75(80)81)82-69-68-77(3,4)5)70-83-73(78)66-64-62-60-58-56-54-52-50-48-46-44-42-40-33-31-29-27-25-23-21-19-17-15-13-11-9-7-2/h8,10,14,16,19-22,25-28,31-34,36-37,39,41,45,47,51,53,72,76H,6-7,9,11-13,15,17-18,23-24,29-30,35,38,40,42-44,46,48-50,52,54-71H2,1-5H3/p+1/b10-8-,16-14-,21-19-,22-20-,27-25-,28-26-,33-31-,34-32-,37-36-,41-39-,47-45-,53-51-. The number of aliphatic carboxylic acids is 1. The fraction of sp³-hybridized carbons (Fsp3) is 0.645. The molecule has 0 aromatic heterocycles. The summed E-state index contributed by atoms with van der Waals surface area (Å²) in [5.74, 6) is -2.04. The highest BCUT2D eigenvalue weighted by molar-refractivity contribution is 5.71. The van der Waals surface area contributed by atoms with Gasteiger partial charge in [0.05, 0.1) is 34.4 Å². The van der Waals surface area contributed by atoms with E-state index in [1.54, 1.807) is 0 Å². The topological polar surface area (TPSA) is 108 Å². The van der Waals surface area contributed by atoms with Crippen molar-refractivity contribution in [1.29, 1.82) is 0 Å². The second-order valence-corrected chi connectivity index (χ2v) is 23.4. The lowest BCUT2D eigenvalue weighted by Gasteiger charge is -2.25. The zero-order valence-electron chi connectivity index (χ0n) is 55.0. The predicted octanol–water partition coefficient (Wildman–Crippen LogP) is 21.1. The number of carboxylic acids is 1. The van der Waals surface area contributed by atoms with E-state index in [1.165, 1.54) is 103 Å². The lowest BCUT2D eigenvalue weighted by Crippen LogP contribution is -2.40. The van der Waals surface area contributed by atoms with E-state index < -0.39 is 24.3 Å². The fourth-order valence-corrected chi connectivity index (χ4v) is 8.90. The number of nitrogens with zero attached hydrogens (tertiary/aromatic N) is 1. The van der Waals surface area contributed by atoms with Gasteiger partial charge in [-0.3, -0.25) is 9.59 Å². The molecule has 85 heavy (non-hydrogen) atoms. The summed E-state index contributed by atoms with van der Waals surface area (Å²) in [6.07, 6.45) is 92.3. The highest BCUT2D eigenvalue weighted by Gasteiger charge is 2.25. The Morgan fingerprint density at radius 2 is 0.671 bits per heavy atom. The summed E-state index contributed by atoms with van der Waals surface area (Å²) in [5, 5.41) is 9.74. The molecule has 1 N–H and O–H groups in total. The Labute approximate surface area is 522 Å². The molecule has 9 heteroatoms. The van der Waals surface area contributed by atoms with Crippen molar-refractivity contribution >= 4 is 17.9 Å². The minimum atomic E-state index is -1.53. The molecule has 0 bridgehead atoms. The van der Waals surface area contributed by atoms with Crippen LogP contribution in [0.3, 0.4) is 0 Å². The third-order valence-corrected chi connectivity index (χ3v) is 14.1. The first kappa shape index (κ1) is 80.2. The van der Waals surface area contributed by atoms with E-state index in [0.29, 0.717) is 17.4 Å². The van der Waals surface area contributed by atoms with Crippen LogP contribution in [0.2, 0.25) is 0 Å². The Bertz CT molecular complexity index is 1900. The van der Waals surface area contributed by atoms with Crippen molar-refractivity contribution in [2.45, 2.75) is 270 Å². The van der Waals surface area contributed by atoms with Crippen molar-refractivity contribution in [3.05, 3.63) is 146 Å². The maximum Gasteiger partial charge on any atom is 0.361 e. The Morgan fingerprint density at radius 1 is 0.365 bits per heavy atom. The van der Waals surface area contributed by atoms with Crippen LogP contribution < -0.4 is 0 Å². The number of ether oxygens (including phenoxy) is 4. The zero-order chi connectivity index (χ0) is 61.9. The van der Waals surface area contributed by atoms with E-state index in [9.17, 15) is 19.5 Å². The van der Waals surface area contributed by atoms with Gasteiger partial charge in [0.2, 0.25) is 0 Å². The molecule has 0 aliphatic rings.